The zero-order valence-electron chi connectivity index (χ0n) is 7.55. The van der Waals surface area contributed by atoms with E-state index in [2.05, 4.69) is 57.9 Å². The number of fused-ring (bicyclic) bond motifs is 1. The maximum absolute atomic E-state index is 2.21. The minimum Gasteiger partial charge on any atom is -0.316 e. The Balaban J connectivity index is 2.33. The van der Waals surface area contributed by atoms with Gasteiger partial charge in [0.2, 0.25) is 0 Å². The highest BCUT2D eigenvalue weighted by Crippen LogP contribution is 2.21. The SMILES string of the molecule is c1ccc2c(c1)ccn2-c1ccsc1. The van der Waals surface area contributed by atoms with Crippen molar-refractivity contribution in [2.75, 3.05) is 0 Å². The maximum atomic E-state index is 2.21. The molecular formula is C12H9NS. The van der Waals surface area contributed by atoms with Crippen molar-refractivity contribution < 1.29 is 0 Å². The van der Waals surface area contributed by atoms with Crippen LogP contribution in [0.5, 0.6) is 0 Å². The minimum atomic E-state index is 1.25. The van der Waals surface area contributed by atoms with Crippen molar-refractivity contribution >= 4 is 22.2 Å². The fourth-order valence-corrected chi connectivity index (χ4v) is 2.33. The van der Waals surface area contributed by atoms with Gasteiger partial charge in [0.25, 0.3) is 0 Å². The molecule has 1 nitrogen and oxygen atoms in total. The largest absolute Gasteiger partial charge is 0.316 e. The molecule has 0 bridgehead atoms. The summed E-state index contributed by atoms with van der Waals surface area (Å²) in [6, 6.07) is 12.7. The van der Waals surface area contributed by atoms with Crippen LogP contribution >= 0.6 is 11.3 Å². The first-order chi connectivity index (χ1) is 6.95. The van der Waals surface area contributed by atoms with Crippen molar-refractivity contribution in [1.29, 1.82) is 0 Å². The van der Waals surface area contributed by atoms with E-state index in [1.165, 1.54) is 16.6 Å². The number of hydrogen-bond donors (Lipinski definition) is 0. The Morgan fingerprint density at radius 2 is 1.93 bits per heavy atom. The second kappa shape index (κ2) is 3.00. The summed E-state index contributed by atoms with van der Waals surface area (Å²) in [7, 11) is 0. The molecule has 3 rings (SSSR count). The third kappa shape index (κ3) is 1.08. The van der Waals surface area contributed by atoms with Crippen LogP contribution in [0.2, 0.25) is 0 Å². The Kier molecular flexibility index (Phi) is 1.67. The Hall–Kier alpha value is -1.54. The van der Waals surface area contributed by atoms with Crippen molar-refractivity contribution in [3.63, 3.8) is 0 Å². The summed E-state index contributed by atoms with van der Waals surface area (Å²) in [5.41, 5.74) is 2.52. The first-order valence-corrected chi connectivity index (χ1v) is 5.48. The number of nitrogens with zero attached hydrogens (tertiary/aromatic N) is 1. The molecule has 0 spiro atoms. The Morgan fingerprint density at radius 3 is 2.79 bits per heavy atom. The Bertz CT molecular complexity index is 548. The third-order valence-corrected chi connectivity index (χ3v) is 3.05. The van der Waals surface area contributed by atoms with Gasteiger partial charge in [-0.25, -0.2) is 0 Å². The van der Waals surface area contributed by atoms with E-state index in [-0.39, 0.29) is 0 Å². The number of hydrogen-bond acceptors (Lipinski definition) is 1. The van der Waals surface area contributed by atoms with E-state index >= 15 is 0 Å². The van der Waals surface area contributed by atoms with Gasteiger partial charge >= 0.3 is 0 Å². The molecule has 2 heteroatoms. The van der Waals surface area contributed by atoms with Gasteiger partial charge in [-0.2, -0.15) is 11.3 Å². The van der Waals surface area contributed by atoms with Gasteiger partial charge in [-0.3, -0.25) is 0 Å². The van der Waals surface area contributed by atoms with Crippen LogP contribution in [-0.2, 0) is 0 Å². The van der Waals surface area contributed by atoms with Crippen LogP contribution in [0.3, 0.4) is 0 Å². The summed E-state index contributed by atoms with van der Waals surface area (Å²) < 4.78 is 2.21. The fraction of sp³-hybridized carbons (Fsp3) is 0. The van der Waals surface area contributed by atoms with Gasteiger partial charge in [-0.1, -0.05) is 18.2 Å². The minimum absolute atomic E-state index is 1.25. The van der Waals surface area contributed by atoms with Crippen LogP contribution in [0.15, 0.2) is 53.4 Å². The van der Waals surface area contributed by atoms with Gasteiger partial charge in [0.05, 0.1) is 11.2 Å². The molecule has 0 atom stereocenters. The highest BCUT2D eigenvalue weighted by Gasteiger charge is 2.01. The number of thiophene rings is 1. The molecule has 1 aromatic carbocycles. The van der Waals surface area contributed by atoms with E-state index in [1.807, 2.05) is 0 Å². The molecule has 2 heterocycles. The van der Waals surface area contributed by atoms with E-state index in [0.29, 0.717) is 0 Å². The smallest absolute Gasteiger partial charge is 0.0562 e. The van der Waals surface area contributed by atoms with Crippen LogP contribution in [0.25, 0.3) is 16.6 Å². The summed E-state index contributed by atoms with van der Waals surface area (Å²) in [6.07, 6.45) is 2.12. The average molecular weight is 199 g/mol. The van der Waals surface area contributed by atoms with Crippen LogP contribution < -0.4 is 0 Å². The maximum Gasteiger partial charge on any atom is 0.0562 e. The molecule has 0 aliphatic carbocycles. The molecule has 0 aliphatic rings. The van der Waals surface area contributed by atoms with Crippen molar-refractivity contribution in [2.45, 2.75) is 0 Å². The summed E-state index contributed by atoms with van der Waals surface area (Å²) >= 11 is 1.73. The lowest BCUT2D eigenvalue weighted by Gasteiger charge is -2.00. The summed E-state index contributed by atoms with van der Waals surface area (Å²) in [4.78, 5) is 0. The van der Waals surface area contributed by atoms with Crippen molar-refractivity contribution in [1.82, 2.24) is 4.57 Å². The molecule has 14 heavy (non-hydrogen) atoms. The molecular weight excluding hydrogens is 190 g/mol. The molecule has 3 aromatic rings. The van der Waals surface area contributed by atoms with Crippen LogP contribution in [-0.4, -0.2) is 4.57 Å². The molecule has 0 aliphatic heterocycles. The van der Waals surface area contributed by atoms with E-state index in [0.717, 1.165) is 0 Å². The molecule has 0 saturated heterocycles. The van der Waals surface area contributed by atoms with Gasteiger partial charge in [0.1, 0.15) is 0 Å². The second-order valence-corrected chi connectivity index (χ2v) is 4.01. The molecule has 0 saturated carbocycles. The van der Waals surface area contributed by atoms with E-state index in [9.17, 15) is 0 Å². The van der Waals surface area contributed by atoms with Crippen molar-refractivity contribution in [2.24, 2.45) is 0 Å². The van der Waals surface area contributed by atoms with Gasteiger partial charge in [-0.15, -0.1) is 0 Å². The van der Waals surface area contributed by atoms with E-state index in [4.69, 9.17) is 0 Å². The Labute approximate surface area is 86.2 Å². The molecule has 0 N–H and O–H groups in total. The number of para-hydroxylation sites is 1. The van der Waals surface area contributed by atoms with Crippen LogP contribution in [0.4, 0.5) is 0 Å². The second-order valence-electron chi connectivity index (χ2n) is 3.23. The molecule has 68 valence electrons. The first-order valence-electron chi connectivity index (χ1n) is 4.54. The summed E-state index contributed by atoms with van der Waals surface area (Å²) in [5, 5.41) is 5.55. The predicted molar refractivity (Wildman–Crippen MR) is 61.2 cm³/mol. The van der Waals surface area contributed by atoms with Gasteiger partial charge in [0.15, 0.2) is 0 Å². The van der Waals surface area contributed by atoms with Gasteiger partial charge < -0.3 is 4.57 Å². The molecule has 0 unspecified atom stereocenters. The number of rotatable bonds is 1. The third-order valence-electron chi connectivity index (χ3n) is 2.38. The van der Waals surface area contributed by atoms with Crippen molar-refractivity contribution in [3.05, 3.63) is 53.4 Å². The zero-order chi connectivity index (χ0) is 9.38. The normalized spacial score (nSPS) is 10.9. The molecule has 0 amide bonds. The molecule has 0 fully saturated rings. The lowest BCUT2D eigenvalue weighted by Crippen LogP contribution is -1.87. The number of benzene rings is 1. The standard InChI is InChI=1S/C12H9NS/c1-2-4-12-10(3-1)5-7-13(12)11-6-8-14-9-11/h1-9H. The van der Waals surface area contributed by atoms with Crippen molar-refractivity contribution in [3.8, 4) is 5.69 Å². The zero-order valence-corrected chi connectivity index (χ0v) is 8.37. The van der Waals surface area contributed by atoms with Crippen LogP contribution in [0.1, 0.15) is 0 Å². The van der Waals surface area contributed by atoms with Gasteiger partial charge in [0, 0.05) is 11.6 Å². The fourth-order valence-electron chi connectivity index (χ4n) is 1.70. The molecule has 0 radical (unpaired) electrons. The van der Waals surface area contributed by atoms with Crippen LogP contribution in [0, 0.1) is 0 Å². The predicted octanol–water partition coefficient (Wildman–Crippen LogP) is 3.69. The Morgan fingerprint density at radius 1 is 1.00 bits per heavy atom. The highest BCUT2D eigenvalue weighted by molar-refractivity contribution is 7.08. The summed E-state index contributed by atoms with van der Waals surface area (Å²) in [6.45, 7) is 0. The topological polar surface area (TPSA) is 4.93 Å². The lowest BCUT2D eigenvalue weighted by molar-refractivity contribution is 1.14. The lowest BCUT2D eigenvalue weighted by atomic mass is 10.2. The van der Waals surface area contributed by atoms with E-state index < -0.39 is 0 Å². The monoisotopic (exact) mass is 199 g/mol. The average Bonchev–Trinajstić information content (AvgIpc) is 2.85. The summed E-state index contributed by atoms with van der Waals surface area (Å²) in [5.74, 6) is 0. The van der Waals surface area contributed by atoms with Gasteiger partial charge in [-0.05, 0) is 29.0 Å². The highest BCUT2D eigenvalue weighted by atomic mass is 32.1. The molecule has 2 aromatic heterocycles. The van der Waals surface area contributed by atoms with E-state index in [1.54, 1.807) is 11.3 Å². The quantitative estimate of drug-likeness (QED) is 0.563. The number of aromatic nitrogens is 1. The first kappa shape index (κ1) is 7.83.